The van der Waals surface area contributed by atoms with Crippen LogP contribution in [0.3, 0.4) is 0 Å². The second-order valence-corrected chi connectivity index (χ2v) is 10.9. The fourth-order valence-corrected chi connectivity index (χ4v) is 6.51. The van der Waals surface area contributed by atoms with Crippen molar-refractivity contribution in [1.29, 1.82) is 0 Å². The lowest BCUT2D eigenvalue weighted by Crippen LogP contribution is -1.92. The van der Waals surface area contributed by atoms with E-state index in [1.165, 1.54) is 0 Å². The molecule has 10 aromatic rings. The molecule has 0 spiro atoms. The summed E-state index contributed by atoms with van der Waals surface area (Å²) in [6, 6.07) is 0.152. The molecule has 1 heterocycles. The Balaban J connectivity index is 1.44. The molecule has 0 aliphatic heterocycles. The van der Waals surface area contributed by atoms with Crippen LogP contribution in [-0.2, 0) is 0 Å². The van der Waals surface area contributed by atoms with E-state index in [2.05, 4.69) is 0 Å². The van der Waals surface area contributed by atoms with Crippen LogP contribution >= 0.6 is 0 Å². The van der Waals surface area contributed by atoms with E-state index < -0.39 is 132 Å². The highest BCUT2D eigenvalue weighted by Gasteiger charge is 2.22. The maximum absolute atomic E-state index is 9.71. The Morgan fingerprint density at radius 1 is 0.383 bits per heavy atom. The van der Waals surface area contributed by atoms with Gasteiger partial charge in [-0.3, -0.25) is 0 Å². The number of fused-ring (bicyclic) bond motifs is 8. The van der Waals surface area contributed by atoms with Crippen molar-refractivity contribution in [2.75, 3.05) is 0 Å². The highest BCUT2D eigenvalue weighted by Crippen LogP contribution is 2.49. The number of benzene rings is 9. The van der Waals surface area contributed by atoms with Gasteiger partial charge in [-0.15, -0.1) is 0 Å². The lowest BCUT2D eigenvalue weighted by atomic mass is 9.83. The molecule has 9 aromatic carbocycles. The van der Waals surface area contributed by atoms with Gasteiger partial charge in [0, 0.05) is 16.2 Å². The van der Waals surface area contributed by atoms with Gasteiger partial charge >= 0.3 is 0 Å². The zero-order valence-electron chi connectivity index (χ0n) is 44.0. The molecular formula is C46H28O. The molecule has 0 atom stereocenters. The molecule has 0 saturated heterocycles. The molecule has 10 rings (SSSR count). The highest BCUT2D eigenvalue weighted by molar-refractivity contribution is 6.28. The van der Waals surface area contributed by atoms with Crippen LogP contribution in [0.5, 0.6) is 0 Å². The van der Waals surface area contributed by atoms with Crippen molar-refractivity contribution in [3.63, 3.8) is 0 Å². The number of rotatable bonds is 3. The Morgan fingerprint density at radius 2 is 0.957 bits per heavy atom. The summed E-state index contributed by atoms with van der Waals surface area (Å²) in [5.41, 5.74) is -1.36. The summed E-state index contributed by atoms with van der Waals surface area (Å²) in [7, 11) is 0. The summed E-state index contributed by atoms with van der Waals surface area (Å²) in [4.78, 5) is 0. The molecule has 0 radical (unpaired) electrons. The standard InChI is InChI=1S/C46H28O/c1-2-13-29(14-3-1)31-27-28-39(34-18-7-6-17-33(31)34)43-35-19-8-10-21-37(35)44(38-22-11-9-20-36(38)43)40-23-12-24-42-45(40)41-26-25-30-15-4-5-16-32(30)46(41)47-42/h1-28H/i1D,2D,3D,4D,5D,6D,7D,12D,13D,14D,15D,16D,17D,18D,23D,24D,25D,26D,27D,28D. The fourth-order valence-electron chi connectivity index (χ4n) is 6.51. The smallest absolute Gasteiger partial charge is 0.143 e. The molecule has 1 aromatic heterocycles. The van der Waals surface area contributed by atoms with Crippen molar-refractivity contribution in [1.82, 2.24) is 0 Å². The van der Waals surface area contributed by atoms with E-state index in [0.29, 0.717) is 21.5 Å². The topological polar surface area (TPSA) is 13.1 Å². The van der Waals surface area contributed by atoms with E-state index in [1.54, 1.807) is 48.5 Å². The molecule has 0 bridgehead atoms. The molecule has 0 unspecified atom stereocenters. The minimum atomic E-state index is -0.760. The minimum absolute atomic E-state index is 0.0441. The van der Waals surface area contributed by atoms with Crippen molar-refractivity contribution in [2.45, 2.75) is 0 Å². The van der Waals surface area contributed by atoms with Gasteiger partial charge in [0.2, 0.25) is 0 Å². The zero-order chi connectivity index (χ0) is 48.3. The largest absolute Gasteiger partial charge is 0.455 e. The maximum Gasteiger partial charge on any atom is 0.143 e. The SMILES string of the molecule is [2H]c1c([2H])c([2H])c(-c2c([2H])c([2H])c(-c3c4ccccc4c(-c4c([2H])c([2H])c([2H])c5oc6c7c([2H])c([2H])c([2H])c([2H])c7c([2H])c([2H])c6c45)c4ccccc34)c3c([2H])c([2H])c([2H])c([2H])c23)c([2H])c1[2H]. The van der Waals surface area contributed by atoms with Crippen LogP contribution in [0.15, 0.2) is 174 Å². The van der Waals surface area contributed by atoms with Gasteiger partial charge in [0.05, 0.1) is 27.4 Å². The number of furan rings is 1. The predicted octanol–water partition coefficient (Wildman–Crippen LogP) is 13.2. The fraction of sp³-hybridized carbons (Fsp3) is 0. The molecule has 0 aliphatic rings. The van der Waals surface area contributed by atoms with Crippen LogP contribution in [-0.4, -0.2) is 0 Å². The monoisotopic (exact) mass is 616 g/mol. The first-order chi connectivity index (χ1) is 31.7. The van der Waals surface area contributed by atoms with Gasteiger partial charge in [0.1, 0.15) is 11.2 Å². The Morgan fingerprint density at radius 3 is 1.66 bits per heavy atom. The van der Waals surface area contributed by atoms with E-state index in [1.807, 2.05) is 0 Å². The average molecular weight is 617 g/mol. The Kier molecular flexibility index (Phi) is 2.87. The summed E-state index contributed by atoms with van der Waals surface area (Å²) in [5.74, 6) is 0. The molecule has 0 amide bonds. The maximum atomic E-state index is 9.71. The average Bonchev–Trinajstić information content (AvgIpc) is 3.72. The summed E-state index contributed by atoms with van der Waals surface area (Å²) in [6.07, 6.45) is 0. The molecule has 0 saturated carbocycles. The van der Waals surface area contributed by atoms with Crippen molar-refractivity contribution in [3.8, 4) is 33.4 Å². The van der Waals surface area contributed by atoms with Gasteiger partial charge < -0.3 is 4.42 Å². The van der Waals surface area contributed by atoms with Gasteiger partial charge in [-0.2, -0.15) is 0 Å². The normalized spacial score (nSPS) is 17.8. The Labute approximate surface area is 300 Å². The third-order valence-corrected chi connectivity index (χ3v) is 8.43. The zero-order valence-corrected chi connectivity index (χ0v) is 24.0. The van der Waals surface area contributed by atoms with Gasteiger partial charge in [0.25, 0.3) is 0 Å². The van der Waals surface area contributed by atoms with Crippen LogP contribution in [0, 0.1) is 0 Å². The highest BCUT2D eigenvalue weighted by atomic mass is 16.3. The number of hydrogen-bond donors (Lipinski definition) is 0. The molecule has 218 valence electrons. The Hall–Kier alpha value is -6.18. The number of hydrogen-bond acceptors (Lipinski definition) is 1. The second-order valence-electron chi connectivity index (χ2n) is 10.9. The molecule has 0 fully saturated rings. The lowest BCUT2D eigenvalue weighted by Gasteiger charge is -2.20. The van der Waals surface area contributed by atoms with Crippen LogP contribution < -0.4 is 0 Å². The van der Waals surface area contributed by atoms with Crippen LogP contribution in [0.1, 0.15) is 27.4 Å². The first-order valence-electron chi connectivity index (χ1n) is 24.6. The molecule has 47 heavy (non-hydrogen) atoms. The molecule has 1 nitrogen and oxygen atoms in total. The van der Waals surface area contributed by atoms with Crippen molar-refractivity contribution in [3.05, 3.63) is 169 Å². The quantitative estimate of drug-likeness (QED) is 0.180. The van der Waals surface area contributed by atoms with E-state index in [4.69, 9.17) is 23.6 Å². The van der Waals surface area contributed by atoms with E-state index in [-0.39, 0.29) is 65.7 Å². The van der Waals surface area contributed by atoms with Gasteiger partial charge in [-0.05, 0) is 83.2 Å². The molecule has 1 heteroatoms. The summed E-state index contributed by atoms with van der Waals surface area (Å²) >= 11 is 0. The molecule has 0 N–H and O–H groups in total. The first kappa shape index (κ1) is 13.3. The predicted molar refractivity (Wildman–Crippen MR) is 200 cm³/mol. The van der Waals surface area contributed by atoms with Gasteiger partial charge in [-0.1, -0.05) is 157 Å². The van der Waals surface area contributed by atoms with Crippen molar-refractivity contribution in [2.24, 2.45) is 0 Å². The summed E-state index contributed by atoms with van der Waals surface area (Å²) in [6.45, 7) is 0. The van der Waals surface area contributed by atoms with E-state index >= 15 is 0 Å². The second kappa shape index (κ2) is 10.2. The third kappa shape index (κ3) is 3.84. The van der Waals surface area contributed by atoms with E-state index in [9.17, 15) is 8.22 Å². The van der Waals surface area contributed by atoms with Gasteiger partial charge in [-0.25, -0.2) is 0 Å². The molecule has 0 aliphatic carbocycles. The third-order valence-electron chi connectivity index (χ3n) is 8.43. The van der Waals surface area contributed by atoms with Crippen LogP contribution in [0.25, 0.3) is 98.4 Å². The Bertz CT molecular complexity index is 3900. The first-order valence-corrected chi connectivity index (χ1v) is 14.6. The van der Waals surface area contributed by atoms with Crippen LogP contribution in [0.4, 0.5) is 0 Å². The van der Waals surface area contributed by atoms with Crippen molar-refractivity contribution < 1.29 is 31.8 Å². The van der Waals surface area contributed by atoms with Crippen LogP contribution in [0.2, 0.25) is 0 Å². The summed E-state index contributed by atoms with van der Waals surface area (Å²) in [5, 5.41) is -0.184. The molecular weight excluding hydrogens is 569 g/mol. The minimum Gasteiger partial charge on any atom is -0.455 e. The lowest BCUT2D eigenvalue weighted by molar-refractivity contribution is 0.673. The van der Waals surface area contributed by atoms with E-state index in [0.717, 1.165) is 0 Å². The van der Waals surface area contributed by atoms with Gasteiger partial charge in [0.15, 0.2) is 0 Å². The van der Waals surface area contributed by atoms with Crippen molar-refractivity contribution >= 4 is 65.0 Å². The summed E-state index contributed by atoms with van der Waals surface area (Å²) < 4.78 is 184.